The molecule has 0 spiro atoms. The Morgan fingerprint density at radius 3 is 2.59 bits per heavy atom. The summed E-state index contributed by atoms with van der Waals surface area (Å²) >= 11 is 0. The van der Waals surface area contributed by atoms with Crippen LogP contribution >= 0.6 is 0 Å². The zero-order valence-electron chi connectivity index (χ0n) is 13.1. The summed E-state index contributed by atoms with van der Waals surface area (Å²) < 4.78 is 2.31. The van der Waals surface area contributed by atoms with Crippen LogP contribution in [0.1, 0.15) is 23.1 Å². The van der Waals surface area contributed by atoms with E-state index in [1.54, 1.807) is 0 Å². The van der Waals surface area contributed by atoms with E-state index in [0.29, 0.717) is 0 Å². The molecule has 22 heavy (non-hydrogen) atoms. The Labute approximate surface area is 131 Å². The first-order valence-electron chi connectivity index (χ1n) is 7.69. The van der Waals surface area contributed by atoms with E-state index in [1.165, 1.54) is 44.4 Å². The maximum absolute atomic E-state index is 4.21. The van der Waals surface area contributed by atoms with Crippen molar-refractivity contribution >= 4 is 22.6 Å². The maximum Gasteiger partial charge on any atom is 0.0562 e. The molecule has 1 heteroatoms. The molecule has 108 valence electrons. The van der Waals surface area contributed by atoms with Gasteiger partial charge in [-0.05, 0) is 36.1 Å². The summed E-state index contributed by atoms with van der Waals surface area (Å²) in [5, 5.41) is 1.29. The molecule has 1 aliphatic carbocycles. The molecule has 0 radical (unpaired) electrons. The van der Waals surface area contributed by atoms with Gasteiger partial charge in [-0.1, -0.05) is 60.7 Å². The lowest BCUT2D eigenvalue weighted by atomic mass is 9.92. The number of hydrogen-bond acceptors (Lipinski definition) is 0. The number of nitrogens with zero attached hydrogens (tertiary/aromatic N) is 1. The first-order chi connectivity index (χ1) is 10.6. The van der Waals surface area contributed by atoms with E-state index >= 15 is 0 Å². The van der Waals surface area contributed by atoms with Crippen LogP contribution in [0.15, 0.2) is 55.1 Å². The molecule has 0 aliphatic heterocycles. The van der Waals surface area contributed by atoms with Gasteiger partial charge >= 0.3 is 0 Å². The van der Waals surface area contributed by atoms with Crippen molar-refractivity contribution in [3.8, 4) is 11.3 Å². The van der Waals surface area contributed by atoms with Crippen molar-refractivity contribution in [3.63, 3.8) is 0 Å². The average molecular weight is 285 g/mol. The van der Waals surface area contributed by atoms with Gasteiger partial charge in [0, 0.05) is 23.7 Å². The van der Waals surface area contributed by atoms with E-state index in [0.717, 1.165) is 6.42 Å². The minimum absolute atomic E-state index is 0.952. The van der Waals surface area contributed by atoms with Crippen LogP contribution in [0.4, 0.5) is 0 Å². The molecule has 1 aliphatic rings. The largest absolute Gasteiger partial charge is 0.343 e. The first kappa shape index (κ1) is 13.1. The number of benzene rings is 2. The molecule has 0 atom stereocenters. The standard InChI is InChI=1S/C21H19N/c1-14-7-9-16(10-8-14)20-13-17-11-12-18-15(2)5-4-6-19(18)21(17)22(20)3/h4,6-13H,2,5H2,1,3H3. The topological polar surface area (TPSA) is 4.93 Å². The maximum atomic E-state index is 4.21. The zero-order chi connectivity index (χ0) is 15.3. The molecule has 0 amide bonds. The molecule has 0 saturated carbocycles. The average Bonchev–Trinajstić information content (AvgIpc) is 2.86. The monoisotopic (exact) mass is 285 g/mol. The molecule has 0 unspecified atom stereocenters. The summed E-state index contributed by atoms with van der Waals surface area (Å²) in [5.41, 5.74) is 8.90. The minimum atomic E-state index is 0.952. The Morgan fingerprint density at radius 1 is 1.05 bits per heavy atom. The van der Waals surface area contributed by atoms with E-state index in [-0.39, 0.29) is 0 Å². The van der Waals surface area contributed by atoms with Gasteiger partial charge in [-0.25, -0.2) is 0 Å². The summed E-state index contributed by atoms with van der Waals surface area (Å²) in [6.07, 6.45) is 5.40. The highest BCUT2D eigenvalue weighted by Gasteiger charge is 2.16. The Kier molecular flexibility index (Phi) is 2.83. The van der Waals surface area contributed by atoms with Crippen molar-refractivity contribution in [2.45, 2.75) is 13.3 Å². The number of aryl methyl sites for hydroxylation is 2. The van der Waals surface area contributed by atoms with Crippen molar-refractivity contribution in [2.24, 2.45) is 7.05 Å². The highest BCUT2D eigenvalue weighted by atomic mass is 14.9. The lowest BCUT2D eigenvalue weighted by molar-refractivity contribution is 0.976. The number of aromatic nitrogens is 1. The summed E-state index contributed by atoms with van der Waals surface area (Å²) in [6, 6.07) is 15.5. The van der Waals surface area contributed by atoms with E-state index < -0.39 is 0 Å². The molecule has 4 rings (SSSR count). The smallest absolute Gasteiger partial charge is 0.0562 e. The molecule has 0 saturated heterocycles. The third-order valence-corrected chi connectivity index (χ3v) is 4.61. The number of hydrogen-bond donors (Lipinski definition) is 0. The number of fused-ring (bicyclic) bond motifs is 3. The van der Waals surface area contributed by atoms with Gasteiger partial charge in [0.15, 0.2) is 0 Å². The van der Waals surface area contributed by atoms with E-state index in [4.69, 9.17) is 0 Å². The zero-order valence-corrected chi connectivity index (χ0v) is 13.1. The Hall–Kier alpha value is -2.54. The predicted molar refractivity (Wildman–Crippen MR) is 95.8 cm³/mol. The predicted octanol–water partition coefficient (Wildman–Crippen LogP) is 5.58. The molecule has 0 fully saturated rings. The van der Waals surface area contributed by atoms with Gasteiger partial charge in [-0.2, -0.15) is 0 Å². The third-order valence-electron chi connectivity index (χ3n) is 4.61. The minimum Gasteiger partial charge on any atom is -0.343 e. The van der Waals surface area contributed by atoms with Gasteiger partial charge < -0.3 is 4.57 Å². The molecule has 1 aromatic heterocycles. The van der Waals surface area contributed by atoms with Crippen LogP contribution in [0, 0.1) is 6.92 Å². The Morgan fingerprint density at radius 2 is 1.82 bits per heavy atom. The SMILES string of the molecule is C=C1CC=Cc2c1ccc1cc(-c3ccc(C)cc3)n(C)c21. The van der Waals surface area contributed by atoms with Crippen LogP contribution in [0.2, 0.25) is 0 Å². The second-order valence-corrected chi connectivity index (χ2v) is 6.13. The summed E-state index contributed by atoms with van der Waals surface area (Å²) in [4.78, 5) is 0. The van der Waals surface area contributed by atoms with Crippen molar-refractivity contribution < 1.29 is 0 Å². The van der Waals surface area contributed by atoms with Gasteiger partial charge in [0.05, 0.1) is 5.52 Å². The molecular formula is C21H19N. The molecule has 1 nitrogen and oxygen atoms in total. The van der Waals surface area contributed by atoms with Crippen molar-refractivity contribution in [3.05, 3.63) is 71.8 Å². The van der Waals surface area contributed by atoms with Crippen LogP contribution in [0.3, 0.4) is 0 Å². The fourth-order valence-electron chi connectivity index (χ4n) is 3.39. The van der Waals surface area contributed by atoms with Gasteiger partial charge in [0.25, 0.3) is 0 Å². The van der Waals surface area contributed by atoms with Crippen LogP contribution in [0.5, 0.6) is 0 Å². The van der Waals surface area contributed by atoms with E-state index in [1.807, 2.05) is 0 Å². The van der Waals surface area contributed by atoms with Crippen molar-refractivity contribution in [1.82, 2.24) is 4.57 Å². The highest BCUT2D eigenvalue weighted by Crippen LogP contribution is 2.36. The van der Waals surface area contributed by atoms with Crippen LogP contribution in [-0.2, 0) is 7.05 Å². The van der Waals surface area contributed by atoms with Gasteiger partial charge in [0.2, 0.25) is 0 Å². The molecule has 0 N–H and O–H groups in total. The summed E-state index contributed by atoms with van der Waals surface area (Å²) in [5.74, 6) is 0. The molecule has 2 aromatic carbocycles. The van der Waals surface area contributed by atoms with Crippen LogP contribution < -0.4 is 0 Å². The quantitative estimate of drug-likeness (QED) is 0.549. The van der Waals surface area contributed by atoms with Crippen molar-refractivity contribution in [1.29, 1.82) is 0 Å². The van der Waals surface area contributed by atoms with Gasteiger partial charge in [0.1, 0.15) is 0 Å². The van der Waals surface area contributed by atoms with Gasteiger partial charge in [-0.3, -0.25) is 0 Å². The third kappa shape index (κ3) is 1.86. The summed E-state index contributed by atoms with van der Waals surface area (Å²) in [7, 11) is 2.16. The van der Waals surface area contributed by atoms with E-state index in [9.17, 15) is 0 Å². The molecular weight excluding hydrogens is 266 g/mol. The lowest BCUT2D eigenvalue weighted by Crippen LogP contribution is -1.98. The van der Waals surface area contributed by atoms with Crippen LogP contribution in [-0.4, -0.2) is 4.57 Å². The summed E-state index contributed by atoms with van der Waals surface area (Å²) in [6.45, 7) is 6.33. The van der Waals surface area contributed by atoms with Crippen LogP contribution in [0.25, 0.3) is 33.8 Å². The second-order valence-electron chi connectivity index (χ2n) is 6.13. The Bertz CT molecular complexity index is 921. The molecule has 0 bridgehead atoms. The molecule has 3 aromatic rings. The fraction of sp³-hybridized carbons (Fsp3) is 0.143. The van der Waals surface area contributed by atoms with Gasteiger partial charge in [-0.15, -0.1) is 0 Å². The number of allylic oxidation sites excluding steroid dienone is 2. The number of rotatable bonds is 1. The molecule has 1 heterocycles. The fourth-order valence-corrected chi connectivity index (χ4v) is 3.39. The van der Waals surface area contributed by atoms with E-state index in [2.05, 4.69) is 79.7 Å². The lowest BCUT2D eigenvalue weighted by Gasteiger charge is -2.15. The highest BCUT2D eigenvalue weighted by molar-refractivity contribution is 5.98. The normalized spacial score (nSPS) is 13.6. The first-order valence-corrected chi connectivity index (χ1v) is 7.69. The second kappa shape index (κ2) is 4.74. The van der Waals surface area contributed by atoms with Crippen molar-refractivity contribution in [2.75, 3.05) is 0 Å². The Balaban J connectivity index is 2.01.